The maximum absolute atomic E-state index is 13.0. The third kappa shape index (κ3) is 10.6. The molecule has 7 N–H and O–H groups in total. The van der Waals surface area contributed by atoms with E-state index >= 15 is 0 Å². The van der Waals surface area contributed by atoms with Crippen LogP contribution in [-0.4, -0.2) is 115 Å². The van der Waals surface area contributed by atoms with Crippen LogP contribution in [0.2, 0.25) is 0 Å². The molecule has 1 heterocycles. The van der Waals surface area contributed by atoms with Crippen LogP contribution in [0.15, 0.2) is 0 Å². The SMILES string of the molecule is CCSC(=O)[C@H](CO)NC(=O)[C@H](NC(=O)[C@H](CCC(=O)O)NC(=O)[C@H]1CCCN1C(=O)C[C@@H](C)O)[C@@H](C)O. The molecule has 0 aliphatic carbocycles. The Morgan fingerprint density at radius 2 is 1.66 bits per heavy atom. The summed E-state index contributed by atoms with van der Waals surface area (Å²) in [6.45, 7) is 3.92. The van der Waals surface area contributed by atoms with Crippen LogP contribution in [0.5, 0.6) is 0 Å². The fraction of sp³-hybridized carbons (Fsp3) is 0.739. The second-order valence-electron chi connectivity index (χ2n) is 9.01. The summed E-state index contributed by atoms with van der Waals surface area (Å²) in [5.74, 6) is -3.91. The van der Waals surface area contributed by atoms with Crippen molar-refractivity contribution in [1.29, 1.82) is 0 Å². The van der Waals surface area contributed by atoms with Gasteiger partial charge in [-0.25, -0.2) is 0 Å². The number of nitrogens with one attached hydrogen (secondary N) is 3. The van der Waals surface area contributed by atoms with Crippen LogP contribution in [0.4, 0.5) is 0 Å². The number of aliphatic carboxylic acids is 1. The van der Waals surface area contributed by atoms with E-state index in [1.807, 2.05) is 0 Å². The summed E-state index contributed by atoms with van der Waals surface area (Å²) < 4.78 is 0. The van der Waals surface area contributed by atoms with Crippen molar-refractivity contribution in [3.63, 3.8) is 0 Å². The molecule has 0 aromatic heterocycles. The highest BCUT2D eigenvalue weighted by atomic mass is 32.2. The van der Waals surface area contributed by atoms with Gasteiger partial charge in [-0.2, -0.15) is 0 Å². The van der Waals surface area contributed by atoms with E-state index in [1.165, 1.54) is 18.7 Å². The van der Waals surface area contributed by atoms with Gasteiger partial charge in [-0.1, -0.05) is 18.7 Å². The largest absolute Gasteiger partial charge is 0.481 e. The molecule has 1 aliphatic heterocycles. The molecule has 4 amide bonds. The van der Waals surface area contributed by atoms with Crippen molar-refractivity contribution < 1.29 is 49.2 Å². The number of aliphatic hydroxyl groups is 3. The molecule has 0 spiro atoms. The lowest BCUT2D eigenvalue weighted by molar-refractivity contribution is -0.141. The lowest BCUT2D eigenvalue weighted by Crippen LogP contribution is -2.60. The Hall–Kier alpha value is -2.75. The zero-order valence-corrected chi connectivity index (χ0v) is 22.5. The number of carboxylic acid groups (broad SMARTS) is 1. The molecule has 0 aromatic rings. The first-order valence-corrected chi connectivity index (χ1v) is 13.4. The molecule has 0 saturated carbocycles. The molecule has 1 aliphatic rings. The summed E-state index contributed by atoms with van der Waals surface area (Å²) in [6.07, 6.45) is -2.59. The van der Waals surface area contributed by atoms with Crippen LogP contribution in [-0.2, 0) is 28.8 Å². The third-order valence-corrected chi connectivity index (χ3v) is 6.62. The second kappa shape index (κ2) is 16.3. The zero-order valence-electron chi connectivity index (χ0n) is 21.7. The second-order valence-corrected chi connectivity index (χ2v) is 10.3. The van der Waals surface area contributed by atoms with Crippen molar-refractivity contribution in [1.82, 2.24) is 20.9 Å². The summed E-state index contributed by atoms with van der Waals surface area (Å²) >= 11 is 0.870. The van der Waals surface area contributed by atoms with Gasteiger partial charge in [0, 0.05) is 13.0 Å². The molecule has 1 saturated heterocycles. The minimum atomic E-state index is -1.59. The molecule has 0 aromatic carbocycles. The van der Waals surface area contributed by atoms with Gasteiger partial charge in [-0.15, -0.1) is 0 Å². The molecule has 38 heavy (non-hydrogen) atoms. The number of aliphatic hydroxyl groups excluding tert-OH is 3. The number of carbonyl (C=O) groups excluding carboxylic acids is 5. The summed E-state index contributed by atoms with van der Waals surface area (Å²) in [6, 6.07) is -5.21. The van der Waals surface area contributed by atoms with Crippen molar-refractivity contribution in [3.05, 3.63) is 0 Å². The molecule has 0 radical (unpaired) electrons. The van der Waals surface area contributed by atoms with Gasteiger partial charge in [0.1, 0.15) is 24.2 Å². The number of hydrogen-bond donors (Lipinski definition) is 7. The smallest absolute Gasteiger partial charge is 0.303 e. The van der Waals surface area contributed by atoms with E-state index in [2.05, 4.69) is 16.0 Å². The van der Waals surface area contributed by atoms with E-state index in [9.17, 15) is 44.1 Å². The highest BCUT2D eigenvalue weighted by Gasteiger charge is 2.37. The number of carboxylic acids is 1. The number of amides is 4. The summed E-state index contributed by atoms with van der Waals surface area (Å²) in [5.41, 5.74) is 0. The van der Waals surface area contributed by atoms with Crippen LogP contribution < -0.4 is 16.0 Å². The molecule has 216 valence electrons. The van der Waals surface area contributed by atoms with Gasteiger partial charge < -0.3 is 41.3 Å². The lowest BCUT2D eigenvalue weighted by atomic mass is 10.1. The van der Waals surface area contributed by atoms with Gasteiger partial charge in [0.05, 0.1) is 25.2 Å². The van der Waals surface area contributed by atoms with E-state index < -0.39 is 84.1 Å². The van der Waals surface area contributed by atoms with Crippen LogP contribution in [0.25, 0.3) is 0 Å². The van der Waals surface area contributed by atoms with Gasteiger partial charge in [-0.05, 0) is 38.9 Å². The van der Waals surface area contributed by atoms with Crippen molar-refractivity contribution in [2.75, 3.05) is 18.9 Å². The standard InChI is InChI=1S/C23H38N4O10S/c1-4-38-23(37)15(11-28)25-22(36)19(13(3)30)26-20(34)14(7-8-18(32)33)24-21(35)16-6-5-9-27(16)17(31)10-12(2)29/h12-16,19,28-30H,4-11H2,1-3H3,(H,24,35)(H,25,36)(H,26,34)(H,32,33)/t12-,13-,14+,15+,16-,19-/m1/s1. The quantitative estimate of drug-likeness (QED) is 0.113. The maximum Gasteiger partial charge on any atom is 0.303 e. The van der Waals surface area contributed by atoms with E-state index in [0.717, 1.165) is 11.8 Å². The van der Waals surface area contributed by atoms with Crippen molar-refractivity contribution in [2.24, 2.45) is 0 Å². The molecular weight excluding hydrogens is 524 g/mol. The molecule has 15 heteroatoms. The first kappa shape index (κ1) is 33.3. The Balaban J connectivity index is 3.01. The molecule has 0 bridgehead atoms. The topological polar surface area (TPSA) is 223 Å². The maximum atomic E-state index is 13.0. The Labute approximate surface area is 224 Å². The first-order chi connectivity index (χ1) is 17.8. The van der Waals surface area contributed by atoms with Crippen molar-refractivity contribution in [2.45, 2.75) is 89.3 Å². The molecule has 6 atom stereocenters. The summed E-state index contributed by atoms with van der Waals surface area (Å²) in [4.78, 5) is 75.6. The number of thioether (sulfide) groups is 1. The lowest BCUT2D eigenvalue weighted by Gasteiger charge is -2.28. The van der Waals surface area contributed by atoms with Crippen molar-refractivity contribution >= 4 is 46.5 Å². The Kier molecular flexibility index (Phi) is 14.2. The molecular formula is C23H38N4O10S. The highest BCUT2D eigenvalue weighted by molar-refractivity contribution is 8.13. The number of hydrogen-bond acceptors (Lipinski definition) is 10. The van der Waals surface area contributed by atoms with Gasteiger partial charge in [-0.3, -0.25) is 28.8 Å². The first-order valence-electron chi connectivity index (χ1n) is 12.4. The monoisotopic (exact) mass is 562 g/mol. The van der Waals surface area contributed by atoms with Gasteiger partial charge in [0.25, 0.3) is 0 Å². The minimum Gasteiger partial charge on any atom is -0.481 e. The number of rotatable bonds is 15. The average molecular weight is 563 g/mol. The fourth-order valence-electron chi connectivity index (χ4n) is 3.85. The summed E-state index contributed by atoms with van der Waals surface area (Å²) in [5, 5.41) is 44.6. The predicted molar refractivity (Wildman–Crippen MR) is 136 cm³/mol. The van der Waals surface area contributed by atoms with Crippen molar-refractivity contribution in [3.8, 4) is 0 Å². The predicted octanol–water partition coefficient (Wildman–Crippen LogP) is -2.28. The highest BCUT2D eigenvalue weighted by Crippen LogP contribution is 2.19. The normalized spacial score (nSPS) is 19.0. The molecule has 0 unspecified atom stereocenters. The Morgan fingerprint density at radius 3 is 2.18 bits per heavy atom. The van der Waals surface area contributed by atoms with Crippen LogP contribution in [0.3, 0.4) is 0 Å². The van der Waals surface area contributed by atoms with Gasteiger partial charge >= 0.3 is 5.97 Å². The number of carbonyl (C=O) groups is 6. The third-order valence-electron chi connectivity index (χ3n) is 5.76. The van der Waals surface area contributed by atoms with E-state index in [4.69, 9.17) is 5.11 Å². The van der Waals surface area contributed by atoms with Crippen LogP contribution in [0.1, 0.15) is 52.9 Å². The Bertz CT molecular complexity index is 869. The van der Waals surface area contributed by atoms with E-state index in [-0.39, 0.29) is 19.4 Å². The van der Waals surface area contributed by atoms with E-state index in [1.54, 1.807) is 6.92 Å². The average Bonchev–Trinajstić information content (AvgIpc) is 3.33. The zero-order chi connectivity index (χ0) is 29.0. The van der Waals surface area contributed by atoms with Gasteiger partial charge in [0.2, 0.25) is 28.7 Å². The fourth-order valence-corrected chi connectivity index (χ4v) is 4.47. The van der Waals surface area contributed by atoms with Crippen LogP contribution >= 0.6 is 11.8 Å². The van der Waals surface area contributed by atoms with E-state index in [0.29, 0.717) is 18.6 Å². The molecule has 1 rings (SSSR count). The molecule has 14 nitrogen and oxygen atoms in total. The van der Waals surface area contributed by atoms with Crippen LogP contribution in [0, 0.1) is 0 Å². The number of nitrogens with zero attached hydrogens (tertiary/aromatic N) is 1. The minimum absolute atomic E-state index is 0.189. The van der Waals surface area contributed by atoms with Gasteiger partial charge in [0.15, 0.2) is 0 Å². The number of likely N-dealkylation sites (tertiary alicyclic amines) is 1. The molecule has 1 fully saturated rings. The summed E-state index contributed by atoms with van der Waals surface area (Å²) in [7, 11) is 0. The Morgan fingerprint density at radius 1 is 1.00 bits per heavy atom.